The predicted octanol–water partition coefficient (Wildman–Crippen LogP) is 2.12. The standard InChI is InChI=1S/C14H30N2O/c1-4-9-16(14(5-2)12-17-3)11-13-7-6-8-15-10-13/h13-15H,4-12H2,1-3H3. The molecule has 0 aromatic carbocycles. The minimum absolute atomic E-state index is 0.599. The lowest BCUT2D eigenvalue weighted by atomic mass is 9.98. The van der Waals surface area contributed by atoms with Crippen LogP contribution in [0.5, 0.6) is 0 Å². The fraction of sp³-hybridized carbons (Fsp3) is 1.00. The summed E-state index contributed by atoms with van der Waals surface area (Å²) < 4.78 is 5.35. The highest BCUT2D eigenvalue weighted by Gasteiger charge is 2.21. The van der Waals surface area contributed by atoms with E-state index in [1.54, 1.807) is 0 Å². The van der Waals surface area contributed by atoms with Crippen LogP contribution in [0, 0.1) is 5.92 Å². The molecule has 1 fully saturated rings. The second kappa shape index (κ2) is 8.90. The molecule has 0 bridgehead atoms. The lowest BCUT2D eigenvalue weighted by Crippen LogP contribution is -2.44. The third-order valence-corrected chi connectivity index (χ3v) is 3.75. The van der Waals surface area contributed by atoms with Crippen LogP contribution in [-0.2, 0) is 4.74 Å². The Balaban J connectivity index is 2.44. The predicted molar refractivity (Wildman–Crippen MR) is 73.4 cm³/mol. The Morgan fingerprint density at radius 1 is 1.41 bits per heavy atom. The van der Waals surface area contributed by atoms with Crippen LogP contribution in [0.15, 0.2) is 0 Å². The first kappa shape index (κ1) is 14.9. The van der Waals surface area contributed by atoms with Gasteiger partial charge in [-0.05, 0) is 51.2 Å². The summed E-state index contributed by atoms with van der Waals surface area (Å²) >= 11 is 0. The molecule has 1 aliphatic heterocycles. The van der Waals surface area contributed by atoms with E-state index >= 15 is 0 Å². The van der Waals surface area contributed by atoms with Crippen LogP contribution in [-0.4, -0.2) is 50.8 Å². The monoisotopic (exact) mass is 242 g/mol. The van der Waals surface area contributed by atoms with Gasteiger partial charge in [-0.15, -0.1) is 0 Å². The largest absolute Gasteiger partial charge is 0.383 e. The summed E-state index contributed by atoms with van der Waals surface area (Å²) in [4.78, 5) is 2.64. The van der Waals surface area contributed by atoms with Crippen molar-refractivity contribution in [2.24, 2.45) is 5.92 Å². The molecule has 2 atom stereocenters. The lowest BCUT2D eigenvalue weighted by Gasteiger charge is -2.35. The molecule has 1 aliphatic rings. The molecule has 0 saturated carbocycles. The molecule has 1 heterocycles. The van der Waals surface area contributed by atoms with Crippen LogP contribution in [0.2, 0.25) is 0 Å². The smallest absolute Gasteiger partial charge is 0.0617 e. The molecule has 0 amide bonds. The highest BCUT2D eigenvalue weighted by Crippen LogP contribution is 2.15. The van der Waals surface area contributed by atoms with Crippen LogP contribution in [0.3, 0.4) is 0 Å². The minimum atomic E-state index is 0.599. The maximum atomic E-state index is 5.35. The van der Waals surface area contributed by atoms with Crippen LogP contribution < -0.4 is 5.32 Å². The summed E-state index contributed by atoms with van der Waals surface area (Å²) in [6.45, 7) is 10.3. The first-order valence-electron chi connectivity index (χ1n) is 7.25. The third kappa shape index (κ3) is 5.36. The SMILES string of the molecule is CCCN(CC1CCCNC1)C(CC)COC. The fourth-order valence-electron chi connectivity index (χ4n) is 2.80. The quantitative estimate of drug-likeness (QED) is 0.705. The zero-order valence-corrected chi connectivity index (χ0v) is 11.9. The average Bonchev–Trinajstić information content (AvgIpc) is 2.37. The van der Waals surface area contributed by atoms with Gasteiger partial charge >= 0.3 is 0 Å². The Labute approximate surface area is 107 Å². The van der Waals surface area contributed by atoms with Crippen LogP contribution >= 0.6 is 0 Å². The van der Waals surface area contributed by atoms with Crippen molar-refractivity contribution in [1.29, 1.82) is 0 Å². The molecule has 1 saturated heterocycles. The van der Waals surface area contributed by atoms with E-state index in [1.807, 2.05) is 7.11 Å². The third-order valence-electron chi connectivity index (χ3n) is 3.75. The summed E-state index contributed by atoms with van der Waals surface area (Å²) in [5.74, 6) is 0.834. The van der Waals surface area contributed by atoms with Crippen LogP contribution in [0.1, 0.15) is 39.5 Å². The molecular weight excluding hydrogens is 212 g/mol. The zero-order valence-electron chi connectivity index (χ0n) is 11.9. The van der Waals surface area contributed by atoms with Crippen molar-refractivity contribution in [2.75, 3.05) is 39.9 Å². The van der Waals surface area contributed by atoms with Gasteiger partial charge in [0, 0.05) is 19.7 Å². The molecule has 0 spiro atoms. The fourth-order valence-corrected chi connectivity index (χ4v) is 2.80. The Bertz CT molecular complexity index is 181. The van der Waals surface area contributed by atoms with Gasteiger partial charge in [0.05, 0.1) is 6.61 Å². The summed E-state index contributed by atoms with van der Waals surface area (Å²) in [6, 6.07) is 0.599. The van der Waals surface area contributed by atoms with Gasteiger partial charge in [0.2, 0.25) is 0 Å². The number of hydrogen-bond donors (Lipinski definition) is 1. The first-order chi connectivity index (χ1) is 8.31. The van der Waals surface area contributed by atoms with E-state index in [9.17, 15) is 0 Å². The summed E-state index contributed by atoms with van der Waals surface area (Å²) in [7, 11) is 1.81. The van der Waals surface area contributed by atoms with Gasteiger partial charge in [-0.1, -0.05) is 13.8 Å². The number of rotatable bonds is 8. The summed E-state index contributed by atoms with van der Waals surface area (Å²) in [5.41, 5.74) is 0. The Kier molecular flexibility index (Phi) is 7.82. The maximum Gasteiger partial charge on any atom is 0.0617 e. The van der Waals surface area contributed by atoms with Crippen molar-refractivity contribution < 1.29 is 4.74 Å². The van der Waals surface area contributed by atoms with Crippen LogP contribution in [0.25, 0.3) is 0 Å². The molecule has 0 aromatic rings. The topological polar surface area (TPSA) is 24.5 Å². The van der Waals surface area contributed by atoms with Crippen molar-refractivity contribution in [3.05, 3.63) is 0 Å². The number of nitrogens with zero attached hydrogens (tertiary/aromatic N) is 1. The normalized spacial score (nSPS) is 22.9. The van der Waals surface area contributed by atoms with E-state index in [0.29, 0.717) is 6.04 Å². The van der Waals surface area contributed by atoms with Gasteiger partial charge in [0.1, 0.15) is 0 Å². The number of ether oxygens (including phenoxy) is 1. The van der Waals surface area contributed by atoms with Crippen molar-refractivity contribution in [1.82, 2.24) is 10.2 Å². The number of nitrogens with one attached hydrogen (secondary N) is 1. The summed E-state index contributed by atoms with van der Waals surface area (Å²) in [5, 5.41) is 3.51. The van der Waals surface area contributed by atoms with Gasteiger partial charge in [-0.3, -0.25) is 4.90 Å². The van der Waals surface area contributed by atoms with Gasteiger partial charge < -0.3 is 10.1 Å². The summed E-state index contributed by atoms with van der Waals surface area (Å²) in [6.07, 6.45) is 5.15. The highest BCUT2D eigenvalue weighted by atomic mass is 16.5. The van der Waals surface area contributed by atoms with E-state index < -0.39 is 0 Å². The van der Waals surface area contributed by atoms with E-state index in [1.165, 1.54) is 51.9 Å². The van der Waals surface area contributed by atoms with Gasteiger partial charge in [-0.25, -0.2) is 0 Å². The lowest BCUT2D eigenvalue weighted by molar-refractivity contribution is 0.0729. The molecule has 0 aliphatic carbocycles. The molecule has 0 radical (unpaired) electrons. The van der Waals surface area contributed by atoms with Crippen molar-refractivity contribution in [3.63, 3.8) is 0 Å². The molecule has 0 aromatic heterocycles. The van der Waals surface area contributed by atoms with Crippen molar-refractivity contribution >= 4 is 0 Å². The number of hydrogen-bond acceptors (Lipinski definition) is 3. The van der Waals surface area contributed by atoms with E-state index in [-0.39, 0.29) is 0 Å². The highest BCUT2D eigenvalue weighted by molar-refractivity contribution is 4.77. The van der Waals surface area contributed by atoms with Crippen molar-refractivity contribution in [2.45, 2.75) is 45.6 Å². The van der Waals surface area contributed by atoms with E-state index in [2.05, 4.69) is 24.1 Å². The number of piperidine rings is 1. The molecule has 17 heavy (non-hydrogen) atoms. The van der Waals surface area contributed by atoms with Crippen LogP contribution in [0.4, 0.5) is 0 Å². The second-order valence-corrected chi connectivity index (χ2v) is 5.22. The minimum Gasteiger partial charge on any atom is -0.383 e. The first-order valence-corrected chi connectivity index (χ1v) is 7.25. The molecule has 2 unspecified atom stereocenters. The van der Waals surface area contributed by atoms with Gasteiger partial charge in [-0.2, -0.15) is 0 Å². The Morgan fingerprint density at radius 2 is 2.24 bits per heavy atom. The molecule has 102 valence electrons. The van der Waals surface area contributed by atoms with E-state index in [4.69, 9.17) is 4.74 Å². The molecule has 1 rings (SSSR count). The second-order valence-electron chi connectivity index (χ2n) is 5.22. The Hall–Kier alpha value is -0.120. The molecular formula is C14H30N2O. The zero-order chi connectivity index (χ0) is 12.5. The molecule has 3 nitrogen and oxygen atoms in total. The van der Waals surface area contributed by atoms with Gasteiger partial charge in [0.15, 0.2) is 0 Å². The Morgan fingerprint density at radius 3 is 2.76 bits per heavy atom. The number of methoxy groups -OCH3 is 1. The molecule has 1 N–H and O–H groups in total. The molecule has 3 heteroatoms. The van der Waals surface area contributed by atoms with Gasteiger partial charge in [0.25, 0.3) is 0 Å². The average molecular weight is 242 g/mol. The maximum absolute atomic E-state index is 5.35. The van der Waals surface area contributed by atoms with Crippen molar-refractivity contribution in [3.8, 4) is 0 Å². The van der Waals surface area contributed by atoms with E-state index in [0.717, 1.165) is 12.5 Å².